The molecule has 1 unspecified atom stereocenters. The van der Waals surface area contributed by atoms with E-state index in [1.54, 1.807) is 0 Å². The van der Waals surface area contributed by atoms with E-state index in [1.807, 2.05) is 0 Å². The van der Waals surface area contributed by atoms with Crippen LogP contribution in [0.3, 0.4) is 0 Å². The van der Waals surface area contributed by atoms with Crippen LogP contribution in [-0.2, 0) is 0 Å². The van der Waals surface area contributed by atoms with E-state index < -0.39 is 5.60 Å². The fraction of sp³-hybridized carbons (Fsp3) is 1.00. The van der Waals surface area contributed by atoms with Crippen LogP contribution in [0.4, 0.5) is 0 Å². The van der Waals surface area contributed by atoms with Crippen LogP contribution < -0.4 is 5.32 Å². The SMILES string of the molecule is CC(C)C1CCCN(CC2(O)CCNCC2)CC1. The number of aliphatic hydroxyl groups is 1. The Hall–Kier alpha value is -0.120. The molecule has 0 aromatic carbocycles. The minimum atomic E-state index is -0.428. The molecule has 0 aromatic heterocycles. The van der Waals surface area contributed by atoms with Crippen LogP contribution in [0, 0.1) is 11.8 Å². The third-order valence-corrected chi connectivity index (χ3v) is 4.86. The molecule has 2 aliphatic heterocycles. The normalized spacial score (nSPS) is 30.3. The Balaban J connectivity index is 1.82. The number of likely N-dealkylation sites (tertiary alicyclic amines) is 1. The van der Waals surface area contributed by atoms with Crippen LogP contribution in [0.15, 0.2) is 0 Å². The number of rotatable bonds is 3. The molecule has 2 heterocycles. The molecule has 0 bridgehead atoms. The van der Waals surface area contributed by atoms with E-state index in [0.717, 1.165) is 44.3 Å². The predicted octanol–water partition coefficient (Wildman–Crippen LogP) is 1.86. The zero-order valence-corrected chi connectivity index (χ0v) is 12.1. The van der Waals surface area contributed by atoms with Gasteiger partial charge in [0.25, 0.3) is 0 Å². The predicted molar refractivity (Wildman–Crippen MR) is 75.7 cm³/mol. The number of piperidine rings is 1. The minimum absolute atomic E-state index is 0.428. The summed E-state index contributed by atoms with van der Waals surface area (Å²) in [6.45, 7) is 9.89. The fourth-order valence-electron chi connectivity index (χ4n) is 3.47. The van der Waals surface area contributed by atoms with Crippen molar-refractivity contribution in [3.8, 4) is 0 Å². The molecule has 0 radical (unpaired) electrons. The van der Waals surface area contributed by atoms with E-state index in [9.17, 15) is 5.11 Å². The lowest BCUT2D eigenvalue weighted by atomic mass is 9.89. The number of nitrogens with one attached hydrogen (secondary N) is 1. The lowest BCUT2D eigenvalue weighted by Crippen LogP contribution is -2.50. The molecule has 2 N–H and O–H groups in total. The standard InChI is InChI=1S/C15H30N2O/c1-13(2)14-4-3-10-17(11-5-14)12-15(18)6-8-16-9-7-15/h13-14,16,18H,3-12H2,1-2H3. The van der Waals surface area contributed by atoms with Gasteiger partial charge in [0.05, 0.1) is 5.60 Å². The van der Waals surface area contributed by atoms with Crippen molar-refractivity contribution >= 4 is 0 Å². The average molecular weight is 254 g/mol. The first-order valence-electron chi connectivity index (χ1n) is 7.74. The summed E-state index contributed by atoms with van der Waals surface area (Å²) < 4.78 is 0. The summed E-state index contributed by atoms with van der Waals surface area (Å²) in [5.74, 6) is 1.70. The highest BCUT2D eigenvalue weighted by Crippen LogP contribution is 2.26. The molecule has 0 aromatic rings. The van der Waals surface area contributed by atoms with Gasteiger partial charge in [-0.1, -0.05) is 13.8 Å². The summed E-state index contributed by atoms with van der Waals surface area (Å²) in [7, 11) is 0. The fourth-order valence-corrected chi connectivity index (χ4v) is 3.47. The van der Waals surface area contributed by atoms with Crippen LogP contribution in [-0.4, -0.2) is 48.3 Å². The Morgan fingerprint density at radius 3 is 2.61 bits per heavy atom. The third kappa shape index (κ3) is 3.94. The van der Waals surface area contributed by atoms with Crippen molar-refractivity contribution in [1.82, 2.24) is 10.2 Å². The minimum Gasteiger partial charge on any atom is -0.388 e. The maximum Gasteiger partial charge on any atom is 0.0798 e. The summed E-state index contributed by atoms with van der Waals surface area (Å²) >= 11 is 0. The first-order valence-corrected chi connectivity index (χ1v) is 7.74. The molecule has 3 heteroatoms. The van der Waals surface area contributed by atoms with Crippen LogP contribution in [0.25, 0.3) is 0 Å². The Morgan fingerprint density at radius 2 is 1.94 bits per heavy atom. The van der Waals surface area contributed by atoms with E-state index in [4.69, 9.17) is 0 Å². The molecule has 1 atom stereocenters. The maximum absolute atomic E-state index is 10.6. The van der Waals surface area contributed by atoms with Crippen molar-refractivity contribution in [1.29, 1.82) is 0 Å². The summed E-state index contributed by atoms with van der Waals surface area (Å²) in [4.78, 5) is 2.51. The quantitative estimate of drug-likeness (QED) is 0.807. The van der Waals surface area contributed by atoms with Crippen molar-refractivity contribution < 1.29 is 5.11 Å². The summed E-state index contributed by atoms with van der Waals surface area (Å²) in [6.07, 6.45) is 5.81. The summed E-state index contributed by atoms with van der Waals surface area (Å²) in [5, 5.41) is 13.9. The largest absolute Gasteiger partial charge is 0.388 e. The van der Waals surface area contributed by atoms with Gasteiger partial charge >= 0.3 is 0 Å². The average Bonchev–Trinajstić information content (AvgIpc) is 2.55. The van der Waals surface area contributed by atoms with Gasteiger partial charge in [0.2, 0.25) is 0 Å². The molecular formula is C15H30N2O. The molecule has 0 spiro atoms. The van der Waals surface area contributed by atoms with E-state index in [-0.39, 0.29) is 0 Å². The molecule has 18 heavy (non-hydrogen) atoms. The van der Waals surface area contributed by atoms with Crippen LogP contribution in [0.1, 0.15) is 46.0 Å². The van der Waals surface area contributed by atoms with Crippen molar-refractivity contribution in [3.05, 3.63) is 0 Å². The molecule has 2 fully saturated rings. The van der Waals surface area contributed by atoms with Crippen molar-refractivity contribution in [2.24, 2.45) is 11.8 Å². The molecule has 106 valence electrons. The summed E-state index contributed by atoms with van der Waals surface area (Å²) in [6, 6.07) is 0. The second kappa shape index (κ2) is 6.36. The van der Waals surface area contributed by atoms with Gasteiger partial charge in [-0.3, -0.25) is 0 Å². The summed E-state index contributed by atoms with van der Waals surface area (Å²) in [5.41, 5.74) is -0.428. The molecular weight excluding hydrogens is 224 g/mol. The van der Waals surface area contributed by atoms with Gasteiger partial charge in [-0.05, 0) is 70.1 Å². The van der Waals surface area contributed by atoms with Gasteiger partial charge in [0, 0.05) is 6.54 Å². The Bertz CT molecular complexity index is 249. The van der Waals surface area contributed by atoms with Gasteiger partial charge in [-0.2, -0.15) is 0 Å². The van der Waals surface area contributed by atoms with Gasteiger partial charge in [0.15, 0.2) is 0 Å². The molecule has 0 saturated carbocycles. The number of hydrogen-bond donors (Lipinski definition) is 2. The maximum atomic E-state index is 10.6. The van der Waals surface area contributed by atoms with Gasteiger partial charge in [-0.15, -0.1) is 0 Å². The highest BCUT2D eigenvalue weighted by molar-refractivity contribution is 4.88. The first kappa shape index (κ1) is 14.3. The van der Waals surface area contributed by atoms with E-state index in [2.05, 4.69) is 24.1 Å². The number of hydrogen-bond acceptors (Lipinski definition) is 3. The van der Waals surface area contributed by atoms with Crippen molar-refractivity contribution in [2.45, 2.75) is 51.6 Å². The Kier molecular flexibility index (Phi) is 5.05. The van der Waals surface area contributed by atoms with Crippen molar-refractivity contribution in [2.75, 3.05) is 32.7 Å². The second-order valence-corrected chi connectivity index (χ2v) is 6.69. The molecule has 2 rings (SSSR count). The second-order valence-electron chi connectivity index (χ2n) is 6.69. The monoisotopic (exact) mass is 254 g/mol. The lowest BCUT2D eigenvalue weighted by molar-refractivity contribution is -0.0204. The highest BCUT2D eigenvalue weighted by atomic mass is 16.3. The zero-order valence-electron chi connectivity index (χ0n) is 12.1. The number of β-amino-alcohol motifs (C(OH)–C–C–N with tert-alkyl or cyclic N) is 1. The molecule has 0 aliphatic carbocycles. The Morgan fingerprint density at radius 1 is 1.22 bits per heavy atom. The molecule has 0 amide bonds. The molecule has 3 nitrogen and oxygen atoms in total. The Labute approximate surface area is 112 Å². The molecule has 2 aliphatic rings. The third-order valence-electron chi connectivity index (χ3n) is 4.86. The zero-order chi connectivity index (χ0) is 13.0. The first-order chi connectivity index (χ1) is 8.59. The number of nitrogens with zero attached hydrogens (tertiary/aromatic N) is 1. The smallest absolute Gasteiger partial charge is 0.0798 e. The van der Waals surface area contributed by atoms with Crippen molar-refractivity contribution in [3.63, 3.8) is 0 Å². The van der Waals surface area contributed by atoms with E-state index in [1.165, 1.54) is 32.4 Å². The lowest BCUT2D eigenvalue weighted by Gasteiger charge is -2.37. The van der Waals surface area contributed by atoms with Crippen LogP contribution in [0.2, 0.25) is 0 Å². The van der Waals surface area contributed by atoms with Crippen LogP contribution in [0.5, 0.6) is 0 Å². The highest BCUT2D eigenvalue weighted by Gasteiger charge is 2.32. The van der Waals surface area contributed by atoms with Gasteiger partial charge in [0.1, 0.15) is 0 Å². The van der Waals surface area contributed by atoms with E-state index >= 15 is 0 Å². The van der Waals surface area contributed by atoms with Crippen LogP contribution >= 0.6 is 0 Å². The topological polar surface area (TPSA) is 35.5 Å². The molecule has 2 saturated heterocycles. The van der Waals surface area contributed by atoms with Gasteiger partial charge < -0.3 is 15.3 Å². The van der Waals surface area contributed by atoms with E-state index in [0.29, 0.717) is 0 Å². The van der Waals surface area contributed by atoms with Gasteiger partial charge in [-0.25, -0.2) is 0 Å².